The molecule has 1 unspecified atom stereocenters. The second-order valence-electron chi connectivity index (χ2n) is 6.03. The van der Waals surface area contributed by atoms with E-state index in [4.69, 9.17) is 23.2 Å². The first-order valence-corrected chi connectivity index (χ1v) is 8.88. The van der Waals surface area contributed by atoms with E-state index < -0.39 is 0 Å². The number of nitrogens with one attached hydrogen (secondary N) is 2. The summed E-state index contributed by atoms with van der Waals surface area (Å²) in [5.74, 6) is 0.532. The molecule has 1 atom stereocenters. The number of carbonyl (C=O) groups is 1. The first kappa shape index (κ1) is 20.0. The fourth-order valence-corrected chi connectivity index (χ4v) is 3.40. The van der Waals surface area contributed by atoms with Crippen molar-refractivity contribution in [1.82, 2.24) is 20.4 Å². The van der Waals surface area contributed by atoms with Crippen molar-refractivity contribution in [3.05, 3.63) is 46.2 Å². The topological polar surface area (TPSA) is 59.0 Å². The highest BCUT2D eigenvalue weighted by Gasteiger charge is 2.14. The maximum Gasteiger partial charge on any atom is 0.254 e. The quantitative estimate of drug-likeness (QED) is 0.800. The van der Waals surface area contributed by atoms with Crippen LogP contribution in [-0.4, -0.2) is 35.3 Å². The Kier molecular flexibility index (Phi) is 7.56. The monoisotopic (exact) mass is 402 g/mol. The summed E-state index contributed by atoms with van der Waals surface area (Å²) < 4.78 is 1.58. The summed E-state index contributed by atoms with van der Waals surface area (Å²) >= 11 is 12.1. The number of halogens is 3. The minimum Gasteiger partial charge on any atom is -0.352 e. The van der Waals surface area contributed by atoms with Gasteiger partial charge in [-0.25, -0.2) is 4.68 Å². The molecule has 8 heteroatoms. The molecular formula is C17H21Cl3N4O. The van der Waals surface area contributed by atoms with Gasteiger partial charge in [0, 0.05) is 17.8 Å². The highest BCUT2D eigenvalue weighted by atomic mass is 35.5. The zero-order valence-corrected chi connectivity index (χ0v) is 16.0. The molecule has 1 fully saturated rings. The highest BCUT2D eigenvalue weighted by molar-refractivity contribution is 6.35. The standard InChI is InChI=1S/C17H20Cl2N4O.ClH/c18-14-3-4-16(15(19)8-14)23-11-13(10-22-23)17(24)21-7-5-12-2-1-6-20-9-12;/h3-4,8,10-12,20H,1-2,5-7,9H2,(H,21,24);1H. The predicted molar refractivity (Wildman–Crippen MR) is 103 cm³/mol. The molecule has 0 radical (unpaired) electrons. The third-order valence-corrected chi connectivity index (χ3v) is 4.78. The summed E-state index contributed by atoms with van der Waals surface area (Å²) in [4.78, 5) is 12.2. The molecule has 5 nitrogen and oxygen atoms in total. The third-order valence-electron chi connectivity index (χ3n) is 4.24. The Labute approximate surface area is 163 Å². The second kappa shape index (κ2) is 9.43. The molecule has 25 heavy (non-hydrogen) atoms. The molecule has 0 aliphatic carbocycles. The maximum absolute atomic E-state index is 12.2. The van der Waals surface area contributed by atoms with Gasteiger partial charge in [0.15, 0.2) is 0 Å². The van der Waals surface area contributed by atoms with Crippen molar-refractivity contribution in [2.75, 3.05) is 19.6 Å². The zero-order valence-electron chi connectivity index (χ0n) is 13.7. The van der Waals surface area contributed by atoms with E-state index >= 15 is 0 Å². The van der Waals surface area contributed by atoms with Crippen LogP contribution in [0.25, 0.3) is 5.69 Å². The van der Waals surface area contributed by atoms with Gasteiger partial charge in [-0.3, -0.25) is 4.79 Å². The van der Waals surface area contributed by atoms with Crippen molar-refractivity contribution in [2.45, 2.75) is 19.3 Å². The number of hydrogen-bond acceptors (Lipinski definition) is 3. The Hall–Kier alpha value is -1.27. The summed E-state index contributed by atoms with van der Waals surface area (Å²) in [6, 6.07) is 5.16. The number of nitrogens with zero attached hydrogens (tertiary/aromatic N) is 2. The van der Waals surface area contributed by atoms with Gasteiger partial charge < -0.3 is 10.6 Å². The summed E-state index contributed by atoms with van der Waals surface area (Å²) in [7, 11) is 0. The number of amides is 1. The molecule has 1 aromatic heterocycles. The summed E-state index contributed by atoms with van der Waals surface area (Å²) in [5.41, 5.74) is 1.20. The molecule has 2 aromatic rings. The van der Waals surface area contributed by atoms with Gasteiger partial charge >= 0.3 is 0 Å². The van der Waals surface area contributed by atoms with E-state index in [1.165, 1.54) is 12.8 Å². The lowest BCUT2D eigenvalue weighted by Crippen LogP contribution is -2.33. The van der Waals surface area contributed by atoms with Crippen molar-refractivity contribution >= 4 is 41.5 Å². The van der Waals surface area contributed by atoms with Gasteiger partial charge in [-0.1, -0.05) is 23.2 Å². The van der Waals surface area contributed by atoms with Crippen LogP contribution in [0.3, 0.4) is 0 Å². The van der Waals surface area contributed by atoms with Gasteiger partial charge in [0.1, 0.15) is 0 Å². The molecule has 3 rings (SSSR count). The molecule has 0 saturated carbocycles. The normalized spacial score (nSPS) is 17.0. The van der Waals surface area contributed by atoms with Crippen LogP contribution in [0.1, 0.15) is 29.6 Å². The summed E-state index contributed by atoms with van der Waals surface area (Å²) in [6.07, 6.45) is 6.66. The first-order valence-electron chi connectivity index (χ1n) is 8.12. The summed E-state index contributed by atoms with van der Waals surface area (Å²) in [6.45, 7) is 2.83. The van der Waals surface area contributed by atoms with E-state index in [1.807, 2.05) is 0 Å². The Morgan fingerprint density at radius 2 is 2.24 bits per heavy atom. The van der Waals surface area contributed by atoms with Gasteiger partial charge in [-0.15, -0.1) is 12.4 Å². The van der Waals surface area contributed by atoms with Gasteiger partial charge in [-0.2, -0.15) is 5.10 Å². The number of carbonyl (C=O) groups excluding carboxylic acids is 1. The largest absolute Gasteiger partial charge is 0.352 e. The molecule has 1 amide bonds. The molecule has 1 saturated heterocycles. The van der Waals surface area contributed by atoms with Crippen LogP contribution >= 0.6 is 35.6 Å². The predicted octanol–water partition coefficient (Wildman–Crippen LogP) is 3.72. The number of hydrogen-bond donors (Lipinski definition) is 2. The minimum absolute atomic E-state index is 0. The second-order valence-corrected chi connectivity index (χ2v) is 6.87. The SMILES string of the molecule is Cl.O=C(NCCC1CCCNC1)c1cnn(-c2ccc(Cl)cc2Cl)c1. The van der Waals surface area contributed by atoms with Crippen molar-refractivity contribution in [1.29, 1.82) is 0 Å². The number of benzene rings is 1. The highest BCUT2D eigenvalue weighted by Crippen LogP contribution is 2.24. The lowest BCUT2D eigenvalue weighted by atomic mass is 9.96. The van der Waals surface area contributed by atoms with E-state index in [9.17, 15) is 4.79 Å². The van der Waals surface area contributed by atoms with Crippen LogP contribution in [0.15, 0.2) is 30.6 Å². The fourth-order valence-electron chi connectivity index (χ4n) is 2.90. The van der Waals surface area contributed by atoms with E-state index in [-0.39, 0.29) is 18.3 Å². The van der Waals surface area contributed by atoms with Crippen molar-refractivity contribution < 1.29 is 4.79 Å². The Bertz CT molecular complexity index is 714. The van der Waals surface area contributed by atoms with Gasteiger partial charge in [0.2, 0.25) is 0 Å². The van der Waals surface area contributed by atoms with E-state index in [0.717, 1.165) is 19.5 Å². The van der Waals surface area contributed by atoms with Crippen LogP contribution in [0, 0.1) is 5.92 Å². The van der Waals surface area contributed by atoms with Crippen LogP contribution in [0.4, 0.5) is 0 Å². The van der Waals surface area contributed by atoms with Crippen molar-refractivity contribution in [3.8, 4) is 5.69 Å². The first-order chi connectivity index (χ1) is 11.6. The van der Waals surface area contributed by atoms with Crippen LogP contribution < -0.4 is 10.6 Å². The molecule has 0 spiro atoms. The minimum atomic E-state index is -0.116. The van der Waals surface area contributed by atoms with Crippen LogP contribution in [-0.2, 0) is 0 Å². The Morgan fingerprint density at radius 1 is 1.40 bits per heavy atom. The number of aromatic nitrogens is 2. The number of piperidine rings is 1. The molecule has 1 aliphatic heterocycles. The average molecular weight is 404 g/mol. The van der Waals surface area contributed by atoms with Crippen molar-refractivity contribution in [2.24, 2.45) is 5.92 Å². The molecule has 1 aliphatic rings. The Balaban J connectivity index is 0.00000225. The van der Waals surface area contributed by atoms with Gasteiger partial charge in [0.05, 0.1) is 22.5 Å². The molecular weight excluding hydrogens is 383 g/mol. The Morgan fingerprint density at radius 3 is 2.96 bits per heavy atom. The smallest absolute Gasteiger partial charge is 0.254 e. The fraction of sp³-hybridized carbons (Fsp3) is 0.412. The third kappa shape index (κ3) is 5.35. The van der Waals surface area contributed by atoms with Gasteiger partial charge in [-0.05, 0) is 56.5 Å². The molecule has 0 bridgehead atoms. The van der Waals surface area contributed by atoms with E-state index in [2.05, 4.69) is 15.7 Å². The van der Waals surface area contributed by atoms with Crippen LogP contribution in [0.5, 0.6) is 0 Å². The van der Waals surface area contributed by atoms with Crippen LogP contribution in [0.2, 0.25) is 10.0 Å². The van der Waals surface area contributed by atoms with E-state index in [0.29, 0.717) is 33.8 Å². The van der Waals surface area contributed by atoms with Crippen molar-refractivity contribution in [3.63, 3.8) is 0 Å². The lowest BCUT2D eigenvalue weighted by molar-refractivity contribution is 0.0950. The number of rotatable bonds is 5. The maximum atomic E-state index is 12.2. The molecule has 2 N–H and O–H groups in total. The molecule has 136 valence electrons. The van der Waals surface area contributed by atoms with E-state index in [1.54, 1.807) is 35.3 Å². The lowest BCUT2D eigenvalue weighted by Gasteiger charge is -2.22. The molecule has 1 aromatic carbocycles. The summed E-state index contributed by atoms with van der Waals surface area (Å²) in [5, 5.41) is 11.6. The average Bonchev–Trinajstić information content (AvgIpc) is 3.05. The molecule has 2 heterocycles. The van der Waals surface area contributed by atoms with Gasteiger partial charge in [0.25, 0.3) is 5.91 Å². The zero-order chi connectivity index (χ0) is 16.9.